The zero-order chi connectivity index (χ0) is 15.6. The molecule has 1 unspecified atom stereocenters. The van der Waals surface area contributed by atoms with E-state index in [-0.39, 0.29) is 0 Å². The van der Waals surface area contributed by atoms with Crippen LogP contribution in [-0.2, 0) is 25.9 Å². The molecule has 124 valence electrons. The predicted molar refractivity (Wildman–Crippen MR) is 85.9 cm³/mol. The Morgan fingerprint density at radius 1 is 1.26 bits per heavy atom. The third kappa shape index (κ3) is 3.47. The highest BCUT2D eigenvalue weighted by atomic mass is 16.5. The van der Waals surface area contributed by atoms with Crippen LogP contribution in [0.25, 0.3) is 0 Å². The largest absolute Gasteiger partial charge is 0.339 e. The summed E-state index contributed by atoms with van der Waals surface area (Å²) in [6.45, 7) is 6.21. The Labute approximate surface area is 136 Å². The number of hydrogen-bond acceptors (Lipinski definition) is 5. The first kappa shape index (κ1) is 14.9. The molecule has 2 aliphatic heterocycles. The summed E-state index contributed by atoms with van der Waals surface area (Å²) in [6, 6.07) is 2.31. The molecule has 0 radical (unpaired) electrons. The fraction of sp³-hybridized carbons (Fsp3) is 0.706. The fourth-order valence-corrected chi connectivity index (χ4v) is 3.92. The molecular weight excluding hydrogens is 290 g/mol. The van der Waals surface area contributed by atoms with Gasteiger partial charge in [-0.1, -0.05) is 5.16 Å². The molecule has 0 aliphatic carbocycles. The molecule has 0 spiro atoms. The van der Waals surface area contributed by atoms with E-state index in [0.29, 0.717) is 5.92 Å². The van der Waals surface area contributed by atoms with Crippen LogP contribution in [0.3, 0.4) is 0 Å². The van der Waals surface area contributed by atoms with Gasteiger partial charge in [-0.2, -0.15) is 10.1 Å². The normalized spacial score (nSPS) is 22.2. The number of piperidine rings is 1. The van der Waals surface area contributed by atoms with Gasteiger partial charge in [-0.15, -0.1) is 0 Å². The van der Waals surface area contributed by atoms with Crippen LogP contribution in [-0.4, -0.2) is 37.9 Å². The number of likely N-dealkylation sites (tertiary alicyclic amines) is 1. The minimum Gasteiger partial charge on any atom is -0.339 e. The zero-order valence-corrected chi connectivity index (χ0v) is 13.9. The minimum absolute atomic E-state index is 0.612. The Morgan fingerprint density at radius 3 is 3.04 bits per heavy atom. The molecular formula is C17H25N5O. The third-order valence-electron chi connectivity index (χ3n) is 4.99. The SMILES string of the molecule is Cc1noc(CC2CCCN(Cc3cc4n(n3)CCCC4)C2)n1. The standard InChI is InChI=1S/C17H25N5O/c1-13-18-17(23-20-13)9-14-5-4-7-21(11-14)12-15-10-16-6-2-3-8-22(16)19-15/h10,14H,2-9,11-12H2,1H3. The summed E-state index contributed by atoms with van der Waals surface area (Å²) < 4.78 is 7.49. The molecule has 4 rings (SSSR count). The van der Waals surface area contributed by atoms with Crippen LogP contribution in [0.4, 0.5) is 0 Å². The Balaban J connectivity index is 1.36. The Kier molecular flexibility index (Phi) is 4.16. The minimum atomic E-state index is 0.612. The zero-order valence-electron chi connectivity index (χ0n) is 13.9. The van der Waals surface area contributed by atoms with Gasteiger partial charge in [0.05, 0.1) is 5.69 Å². The van der Waals surface area contributed by atoms with Crippen LogP contribution in [0.2, 0.25) is 0 Å². The van der Waals surface area contributed by atoms with E-state index >= 15 is 0 Å². The number of hydrogen-bond donors (Lipinski definition) is 0. The molecule has 0 N–H and O–H groups in total. The second kappa shape index (κ2) is 6.43. The average molecular weight is 315 g/mol. The van der Waals surface area contributed by atoms with E-state index in [0.717, 1.165) is 37.8 Å². The highest BCUT2D eigenvalue weighted by Gasteiger charge is 2.23. The van der Waals surface area contributed by atoms with Crippen molar-refractivity contribution in [3.63, 3.8) is 0 Å². The van der Waals surface area contributed by atoms with E-state index in [1.807, 2.05) is 6.92 Å². The summed E-state index contributed by atoms with van der Waals surface area (Å²) in [5.41, 5.74) is 2.65. The van der Waals surface area contributed by atoms with Gasteiger partial charge in [0.25, 0.3) is 0 Å². The Hall–Kier alpha value is -1.69. The van der Waals surface area contributed by atoms with Gasteiger partial charge in [-0.3, -0.25) is 9.58 Å². The second-order valence-electron chi connectivity index (χ2n) is 6.99. The van der Waals surface area contributed by atoms with E-state index in [4.69, 9.17) is 9.62 Å². The molecule has 0 amide bonds. The van der Waals surface area contributed by atoms with Crippen molar-refractivity contribution in [1.29, 1.82) is 0 Å². The van der Waals surface area contributed by atoms with Crippen molar-refractivity contribution in [2.24, 2.45) is 5.92 Å². The van der Waals surface area contributed by atoms with Gasteiger partial charge >= 0.3 is 0 Å². The summed E-state index contributed by atoms with van der Waals surface area (Å²) in [6.07, 6.45) is 7.15. The molecule has 4 heterocycles. The maximum atomic E-state index is 5.28. The van der Waals surface area contributed by atoms with Crippen molar-refractivity contribution in [2.75, 3.05) is 13.1 Å². The van der Waals surface area contributed by atoms with Gasteiger partial charge in [0.2, 0.25) is 5.89 Å². The van der Waals surface area contributed by atoms with Gasteiger partial charge in [0.1, 0.15) is 0 Å². The number of nitrogens with zero attached hydrogens (tertiary/aromatic N) is 5. The smallest absolute Gasteiger partial charge is 0.226 e. The number of rotatable bonds is 4. The van der Waals surface area contributed by atoms with Crippen LogP contribution in [0.15, 0.2) is 10.6 Å². The van der Waals surface area contributed by atoms with Crippen LogP contribution in [0, 0.1) is 12.8 Å². The van der Waals surface area contributed by atoms with Crippen LogP contribution in [0.5, 0.6) is 0 Å². The van der Waals surface area contributed by atoms with E-state index in [1.165, 1.54) is 50.0 Å². The first-order chi connectivity index (χ1) is 11.3. The van der Waals surface area contributed by atoms with Crippen molar-refractivity contribution in [1.82, 2.24) is 24.8 Å². The fourth-order valence-electron chi connectivity index (χ4n) is 3.92. The van der Waals surface area contributed by atoms with E-state index in [9.17, 15) is 0 Å². The molecule has 23 heavy (non-hydrogen) atoms. The molecule has 0 aromatic carbocycles. The Bertz CT molecular complexity index is 638. The third-order valence-corrected chi connectivity index (χ3v) is 4.99. The highest BCUT2D eigenvalue weighted by Crippen LogP contribution is 2.22. The van der Waals surface area contributed by atoms with Crippen molar-refractivity contribution >= 4 is 0 Å². The first-order valence-electron chi connectivity index (χ1n) is 8.83. The molecule has 6 nitrogen and oxygen atoms in total. The van der Waals surface area contributed by atoms with E-state index < -0.39 is 0 Å². The molecule has 0 bridgehead atoms. The quantitative estimate of drug-likeness (QED) is 0.867. The summed E-state index contributed by atoms with van der Waals surface area (Å²) in [5, 5.41) is 8.68. The lowest BCUT2D eigenvalue weighted by molar-refractivity contribution is 0.158. The van der Waals surface area contributed by atoms with Crippen molar-refractivity contribution in [3.05, 3.63) is 29.2 Å². The Morgan fingerprint density at radius 2 is 2.22 bits per heavy atom. The molecule has 1 atom stereocenters. The van der Waals surface area contributed by atoms with Crippen molar-refractivity contribution in [3.8, 4) is 0 Å². The van der Waals surface area contributed by atoms with E-state index in [1.54, 1.807) is 0 Å². The lowest BCUT2D eigenvalue weighted by atomic mass is 9.94. The molecule has 1 fully saturated rings. The van der Waals surface area contributed by atoms with Gasteiger partial charge in [0.15, 0.2) is 5.82 Å². The topological polar surface area (TPSA) is 60.0 Å². The van der Waals surface area contributed by atoms with Gasteiger partial charge in [-0.25, -0.2) is 0 Å². The average Bonchev–Trinajstić information content (AvgIpc) is 3.13. The number of aromatic nitrogens is 4. The highest BCUT2D eigenvalue weighted by molar-refractivity contribution is 5.12. The lowest BCUT2D eigenvalue weighted by Gasteiger charge is -2.31. The lowest BCUT2D eigenvalue weighted by Crippen LogP contribution is -2.35. The predicted octanol–water partition coefficient (Wildman–Crippen LogP) is 2.37. The molecule has 2 aliphatic rings. The number of aryl methyl sites for hydroxylation is 3. The summed E-state index contributed by atoms with van der Waals surface area (Å²) >= 11 is 0. The van der Waals surface area contributed by atoms with Gasteiger partial charge < -0.3 is 4.52 Å². The summed E-state index contributed by atoms with van der Waals surface area (Å²) in [5.74, 6) is 2.13. The molecule has 6 heteroatoms. The summed E-state index contributed by atoms with van der Waals surface area (Å²) in [7, 11) is 0. The van der Waals surface area contributed by atoms with Gasteiger partial charge in [-0.05, 0) is 57.6 Å². The van der Waals surface area contributed by atoms with Crippen molar-refractivity contribution < 1.29 is 4.52 Å². The summed E-state index contributed by atoms with van der Waals surface area (Å²) in [4.78, 5) is 6.88. The second-order valence-corrected chi connectivity index (χ2v) is 6.99. The molecule has 2 aromatic rings. The van der Waals surface area contributed by atoms with Gasteiger partial charge in [0, 0.05) is 31.7 Å². The van der Waals surface area contributed by atoms with Crippen LogP contribution >= 0.6 is 0 Å². The molecule has 2 aromatic heterocycles. The molecule has 0 saturated carbocycles. The van der Waals surface area contributed by atoms with Crippen molar-refractivity contribution in [2.45, 2.75) is 58.5 Å². The van der Waals surface area contributed by atoms with E-state index in [2.05, 4.69) is 25.8 Å². The number of fused-ring (bicyclic) bond motifs is 1. The first-order valence-corrected chi connectivity index (χ1v) is 8.83. The van der Waals surface area contributed by atoms with Crippen LogP contribution in [0.1, 0.15) is 48.8 Å². The van der Waals surface area contributed by atoms with Crippen LogP contribution < -0.4 is 0 Å². The molecule has 1 saturated heterocycles. The maximum absolute atomic E-state index is 5.28. The monoisotopic (exact) mass is 315 g/mol. The maximum Gasteiger partial charge on any atom is 0.226 e.